The van der Waals surface area contributed by atoms with E-state index in [4.69, 9.17) is 0 Å². The minimum atomic E-state index is -0.682. The van der Waals surface area contributed by atoms with Crippen LogP contribution < -0.4 is 5.32 Å². The molecule has 0 radical (unpaired) electrons. The lowest BCUT2D eigenvalue weighted by Gasteiger charge is -2.28. The van der Waals surface area contributed by atoms with Crippen LogP contribution in [-0.4, -0.2) is 10.5 Å². The number of aromatic nitrogens is 1. The van der Waals surface area contributed by atoms with Gasteiger partial charge in [-0.05, 0) is 53.4 Å². The van der Waals surface area contributed by atoms with Gasteiger partial charge in [-0.1, -0.05) is 0 Å². The number of nitrogens with one attached hydrogen (secondary N) is 1. The van der Waals surface area contributed by atoms with Crippen molar-refractivity contribution in [3.63, 3.8) is 0 Å². The Kier molecular flexibility index (Phi) is 3.80. The van der Waals surface area contributed by atoms with Crippen LogP contribution in [0.2, 0.25) is 0 Å². The number of amides is 1. The van der Waals surface area contributed by atoms with Crippen LogP contribution in [0, 0.1) is 11.6 Å². The van der Waals surface area contributed by atoms with Crippen molar-refractivity contribution in [2.75, 3.05) is 5.32 Å². The third-order valence-electron chi connectivity index (χ3n) is 3.74. The van der Waals surface area contributed by atoms with Crippen LogP contribution in [0.25, 0.3) is 0 Å². The molecule has 3 rings (SSSR count). The molecule has 1 heterocycles. The molecule has 2 aromatic rings. The van der Waals surface area contributed by atoms with E-state index in [-0.39, 0.29) is 10.2 Å². The fourth-order valence-corrected chi connectivity index (χ4v) is 2.69. The molecule has 1 aliphatic carbocycles. The molecule has 21 heavy (non-hydrogen) atoms. The van der Waals surface area contributed by atoms with E-state index >= 15 is 0 Å². The summed E-state index contributed by atoms with van der Waals surface area (Å²) in [6.07, 6.45) is 5.07. The van der Waals surface area contributed by atoms with Crippen LogP contribution >= 0.6 is 15.9 Å². The summed E-state index contributed by atoms with van der Waals surface area (Å²) in [6, 6.07) is 5.75. The third kappa shape index (κ3) is 2.72. The number of hydrogen-bond donors (Lipinski definition) is 1. The Morgan fingerprint density at radius 3 is 2.71 bits per heavy atom. The molecule has 1 N–H and O–H groups in total. The summed E-state index contributed by atoms with van der Waals surface area (Å²) < 4.78 is 29.1. The van der Waals surface area contributed by atoms with Crippen molar-refractivity contribution < 1.29 is 13.6 Å². The summed E-state index contributed by atoms with van der Waals surface area (Å²) in [6.45, 7) is 0. The van der Waals surface area contributed by atoms with Crippen LogP contribution in [0.3, 0.4) is 0 Å². The third-order valence-corrected chi connectivity index (χ3v) is 4.35. The van der Waals surface area contributed by atoms with Crippen LogP contribution in [0.4, 0.5) is 14.5 Å². The quantitative estimate of drug-likeness (QED) is 0.808. The molecular formula is C15H13BrF2N2O. The highest BCUT2D eigenvalue weighted by molar-refractivity contribution is 9.10. The van der Waals surface area contributed by atoms with Crippen molar-refractivity contribution in [2.24, 2.45) is 0 Å². The maximum Gasteiger partial charge on any atom is 0.272 e. The van der Waals surface area contributed by atoms with Crippen molar-refractivity contribution in [3.8, 4) is 0 Å². The lowest BCUT2D eigenvalue weighted by Crippen LogP contribution is -2.23. The second-order valence-corrected chi connectivity index (χ2v) is 5.94. The number of carbonyl (C=O) groups excluding carboxylic acids is 1. The average Bonchev–Trinajstić information content (AvgIpc) is 2.83. The summed E-state index contributed by atoms with van der Waals surface area (Å²) in [4.78, 5) is 12.3. The number of carbonyl (C=O) groups is 1. The molecule has 1 amide bonds. The lowest BCUT2D eigenvalue weighted by molar-refractivity contribution is 0.101. The summed E-state index contributed by atoms with van der Waals surface area (Å²) in [5.74, 6) is -1.74. The maximum atomic E-state index is 13.8. The van der Waals surface area contributed by atoms with Gasteiger partial charge >= 0.3 is 0 Å². The number of nitrogens with zero attached hydrogens (tertiary/aromatic N) is 1. The van der Waals surface area contributed by atoms with Gasteiger partial charge in [0.25, 0.3) is 5.91 Å². The van der Waals surface area contributed by atoms with E-state index in [1.54, 1.807) is 12.1 Å². The summed E-state index contributed by atoms with van der Waals surface area (Å²) in [5, 5.41) is 2.43. The van der Waals surface area contributed by atoms with Gasteiger partial charge in [0, 0.05) is 18.3 Å². The predicted molar refractivity (Wildman–Crippen MR) is 79.3 cm³/mol. The average molecular weight is 355 g/mol. The van der Waals surface area contributed by atoms with Gasteiger partial charge in [0.2, 0.25) is 0 Å². The van der Waals surface area contributed by atoms with E-state index in [0.29, 0.717) is 11.7 Å². The smallest absolute Gasteiger partial charge is 0.272 e. The molecular weight excluding hydrogens is 342 g/mol. The molecule has 3 nitrogen and oxygen atoms in total. The molecule has 0 aliphatic heterocycles. The predicted octanol–water partition coefficient (Wildman–Crippen LogP) is 4.51. The van der Waals surface area contributed by atoms with Gasteiger partial charge in [0.15, 0.2) is 0 Å². The molecule has 0 saturated heterocycles. The van der Waals surface area contributed by atoms with E-state index in [1.807, 2.05) is 10.8 Å². The Hall–Kier alpha value is -1.69. The first-order chi connectivity index (χ1) is 10.1. The minimum Gasteiger partial charge on any atom is -0.340 e. The SMILES string of the molecule is O=C(Nc1cc(F)c(Br)cc1F)c1cccn1C1CCC1. The summed E-state index contributed by atoms with van der Waals surface area (Å²) in [5.41, 5.74) is 0.296. The monoisotopic (exact) mass is 354 g/mol. The van der Waals surface area contributed by atoms with Gasteiger partial charge in [-0.2, -0.15) is 0 Å². The molecule has 6 heteroatoms. The highest BCUT2D eigenvalue weighted by atomic mass is 79.9. The standard InChI is InChI=1S/C15H13BrF2N2O/c16-10-7-12(18)13(8-11(10)17)19-15(21)14-5-2-6-20(14)9-3-1-4-9/h2,5-9H,1,3-4H2,(H,19,21). The number of benzene rings is 1. The van der Waals surface area contributed by atoms with Gasteiger partial charge < -0.3 is 9.88 Å². The van der Waals surface area contributed by atoms with Gasteiger partial charge in [0.1, 0.15) is 17.3 Å². The molecule has 0 atom stereocenters. The van der Waals surface area contributed by atoms with Crippen LogP contribution in [0.1, 0.15) is 35.8 Å². The molecule has 0 unspecified atom stereocenters. The second kappa shape index (κ2) is 5.60. The first-order valence-electron chi connectivity index (χ1n) is 6.69. The number of hydrogen-bond acceptors (Lipinski definition) is 1. The number of anilines is 1. The number of halogens is 3. The Morgan fingerprint density at radius 2 is 2.05 bits per heavy atom. The van der Waals surface area contributed by atoms with Crippen molar-refractivity contribution in [2.45, 2.75) is 25.3 Å². The van der Waals surface area contributed by atoms with Gasteiger partial charge in [-0.3, -0.25) is 4.79 Å². The van der Waals surface area contributed by atoms with E-state index in [2.05, 4.69) is 21.2 Å². The topological polar surface area (TPSA) is 34.0 Å². The van der Waals surface area contributed by atoms with Gasteiger partial charge in [0.05, 0.1) is 10.2 Å². The van der Waals surface area contributed by atoms with Crippen LogP contribution in [-0.2, 0) is 0 Å². The van der Waals surface area contributed by atoms with Crippen LogP contribution in [0.5, 0.6) is 0 Å². The van der Waals surface area contributed by atoms with E-state index in [1.165, 1.54) is 0 Å². The summed E-state index contributed by atoms with van der Waals surface area (Å²) in [7, 11) is 0. The maximum absolute atomic E-state index is 13.8. The largest absolute Gasteiger partial charge is 0.340 e. The van der Waals surface area contributed by atoms with E-state index in [9.17, 15) is 13.6 Å². The zero-order valence-corrected chi connectivity index (χ0v) is 12.7. The Morgan fingerprint density at radius 1 is 1.29 bits per heavy atom. The molecule has 1 fully saturated rings. The Balaban J connectivity index is 1.84. The summed E-state index contributed by atoms with van der Waals surface area (Å²) >= 11 is 2.90. The molecule has 0 spiro atoms. The zero-order chi connectivity index (χ0) is 15.0. The van der Waals surface area contributed by atoms with Crippen molar-refractivity contribution in [1.29, 1.82) is 0 Å². The highest BCUT2D eigenvalue weighted by Crippen LogP contribution is 2.33. The molecule has 0 bridgehead atoms. The highest BCUT2D eigenvalue weighted by Gasteiger charge is 2.23. The first kappa shape index (κ1) is 14.3. The molecule has 1 aliphatic rings. The first-order valence-corrected chi connectivity index (χ1v) is 7.48. The second-order valence-electron chi connectivity index (χ2n) is 5.09. The number of rotatable bonds is 3. The molecule has 1 aromatic heterocycles. The van der Waals surface area contributed by atoms with E-state index in [0.717, 1.165) is 31.4 Å². The Labute approximate surface area is 129 Å². The zero-order valence-electron chi connectivity index (χ0n) is 11.1. The van der Waals surface area contributed by atoms with Gasteiger partial charge in [-0.25, -0.2) is 8.78 Å². The van der Waals surface area contributed by atoms with Crippen molar-refractivity contribution in [1.82, 2.24) is 4.57 Å². The fourth-order valence-electron chi connectivity index (χ4n) is 2.37. The fraction of sp³-hybridized carbons (Fsp3) is 0.267. The van der Waals surface area contributed by atoms with E-state index < -0.39 is 17.5 Å². The van der Waals surface area contributed by atoms with Gasteiger partial charge in [-0.15, -0.1) is 0 Å². The Bertz CT molecular complexity index is 695. The molecule has 110 valence electrons. The van der Waals surface area contributed by atoms with Crippen molar-refractivity contribution >= 4 is 27.5 Å². The minimum absolute atomic E-state index is 0.0239. The lowest BCUT2D eigenvalue weighted by atomic mass is 9.93. The van der Waals surface area contributed by atoms with Crippen LogP contribution in [0.15, 0.2) is 34.9 Å². The normalized spacial score (nSPS) is 14.8. The molecule has 1 aromatic carbocycles. The molecule has 1 saturated carbocycles. The van der Waals surface area contributed by atoms with Crippen molar-refractivity contribution in [3.05, 3.63) is 52.3 Å².